The molecular formula is C23H23FO3. The molecule has 1 aromatic carbocycles. The molecule has 1 unspecified atom stereocenters. The summed E-state index contributed by atoms with van der Waals surface area (Å²) >= 11 is 0. The molecule has 0 saturated carbocycles. The Hall–Kier alpha value is -2.93. The third-order valence-electron chi connectivity index (χ3n) is 4.68. The Morgan fingerprint density at radius 3 is 2.48 bits per heavy atom. The van der Waals surface area contributed by atoms with E-state index in [9.17, 15) is 14.0 Å². The molecule has 0 spiro atoms. The second kappa shape index (κ2) is 8.18. The van der Waals surface area contributed by atoms with Crippen molar-refractivity contribution in [2.75, 3.05) is 0 Å². The molecule has 2 rings (SSSR count). The summed E-state index contributed by atoms with van der Waals surface area (Å²) in [5.74, 6) is 4.53. The Morgan fingerprint density at radius 1 is 1.26 bits per heavy atom. The molecule has 1 atom stereocenters. The third kappa shape index (κ3) is 5.27. The van der Waals surface area contributed by atoms with Crippen LogP contribution >= 0.6 is 0 Å². The second-order valence-corrected chi connectivity index (χ2v) is 7.47. The first-order valence-corrected chi connectivity index (χ1v) is 8.71. The number of benzene rings is 1. The maximum absolute atomic E-state index is 13.0. The monoisotopic (exact) mass is 366 g/mol. The first kappa shape index (κ1) is 20.4. The number of carbonyl (C=O) groups is 2. The number of allylic oxidation sites excluding steroid dienone is 5. The molecule has 1 aliphatic carbocycles. The normalized spacial score (nSPS) is 19.8. The van der Waals surface area contributed by atoms with Gasteiger partial charge in [0, 0.05) is 24.0 Å². The lowest BCUT2D eigenvalue weighted by atomic mass is 9.66. The lowest BCUT2D eigenvalue weighted by Crippen LogP contribution is -2.33. The lowest BCUT2D eigenvalue weighted by molar-refractivity contribution is -0.131. The number of ketones is 1. The first-order chi connectivity index (χ1) is 12.6. The Balaban J connectivity index is 2.41. The fraction of sp³-hybridized carbons (Fsp3) is 0.304. The Labute approximate surface area is 159 Å². The van der Waals surface area contributed by atoms with E-state index in [-0.39, 0.29) is 22.9 Å². The summed E-state index contributed by atoms with van der Waals surface area (Å²) in [6.45, 7) is 7.65. The minimum Gasteiger partial charge on any atom is -0.478 e. The average molecular weight is 366 g/mol. The van der Waals surface area contributed by atoms with Gasteiger partial charge in [0.05, 0.1) is 5.57 Å². The van der Waals surface area contributed by atoms with E-state index >= 15 is 0 Å². The van der Waals surface area contributed by atoms with Crippen LogP contribution in [0.2, 0.25) is 0 Å². The molecule has 0 saturated heterocycles. The summed E-state index contributed by atoms with van der Waals surface area (Å²) in [4.78, 5) is 23.4. The SMILES string of the molecule is CC1=C(C#Cc2ccc(F)cc2)C(=O)CC(C)(C)C1/C=C/C(C)=C\C(=O)O. The quantitative estimate of drug-likeness (QED) is 0.479. The van der Waals surface area contributed by atoms with Crippen LogP contribution in [0.1, 0.15) is 39.7 Å². The van der Waals surface area contributed by atoms with Crippen LogP contribution in [-0.4, -0.2) is 16.9 Å². The summed E-state index contributed by atoms with van der Waals surface area (Å²) in [7, 11) is 0. The van der Waals surface area contributed by atoms with Gasteiger partial charge in [0.1, 0.15) is 5.82 Å². The van der Waals surface area contributed by atoms with Gasteiger partial charge >= 0.3 is 5.97 Å². The van der Waals surface area contributed by atoms with Gasteiger partial charge < -0.3 is 5.11 Å². The van der Waals surface area contributed by atoms with Gasteiger partial charge in [-0.15, -0.1) is 0 Å². The third-order valence-corrected chi connectivity index (χ3v) is 4.68. The zero-order valence-corrected chi connectivity index (χ0v) is 16.0. The molecule has 0 heterocycles. The molecule has 1 N–H and O–H groups in total. The van der Waals surface area contributed by atoms with Gasteiger partial charge in [-0.05, 0) is 54.7 Å². The minimum absolute atomic E-state index is 0.00504. The zero-order valence-electron chi connectivity index (χ0n) is 16.0. The summed E-state index contributed by atoms with van der Waals surface area (Å²) in [5, 5.41) is 8.84. The van der Waals surface area contributed by atoms with E-state index < -0.39 is 5.97 Å². The van der Waals surface area contributed by atoms with Gasteiger partial charge in [0.15, 0.2) is 5.78 Å². The highest BCUT2D eigenvalue weighted by Crippen LogP contribution is 2.43. The molecule has 1 aliphatic rings. The Bertz CT molecular complexity index is 903. The van der Waals surface area contributed by atoms with Crippen molar-refractivity contribution in [3.8, 4) is 11.8 Å². The Kier molecular flexibility index (Phi) is 6.17. The van der Waals surface area contributed by atoms with E-state index in [4.69, 9.17) is 5.11 Å². The number of halogens is 1. The molecule has 0 amide bonds. The smallest absolute Gasteiger partial charge is 0.328 e. The number of hydrogen-bond acceptors (Lipinski definition) is 2. The van der Waals surface area contributed by atoms with E-state index in [1.807, 2.05) is 26.8 Å². The fourth-order valence-corrected chi connectivity index (χ4v) is 3.31. The molecule has 0 aliphatic heterocycles. The topological polar surface area (TPSA) is 54.4 Å². The van der Waals surface area contributed by atoms with Crippen molar-refractivity contribution in [2.45, 2.75) is 34.1 Å². The number of carboxylic acid groups (broad SMARTS) is 1. The highest BCUT2D eigenvalue weighted by molar-refractivity contribution is 6.02. The van der Waals surface area contributed by atoms with Gasteiger partial charge in [0.25, 0.3) is 0 Å². The predicted molar refractivity (Wildman–Crippen MR) is 103 cm³/mol. The summed E-state index contributed by atoms with van der Waals surface area (Å²) in [6.07, 6.45) is 5.21. The lowest BCUT2D eigenvalue weighted by Gasteiger charge is -2.37. The van der Waals surface area contributed by atoms with Crippen LogP contribution in [-0.2, 0) is 9.59 Å². The van der Waals surface area contributed by atoms with Gasteiger partial charge in [-0.25, -0.2) is 9.18 Å². The van der Waals surface area contributed by atoms with Crippen LogP contribution in [0.15, 0.2) is 59.2 Å². The molecular weight excluding hydrogens is 343 g/mol. The Morgan fingerprint density at radius 2 is 1.89 bits per heavy atom. The molecule has 0 aromatic heterocycles. The van der Waals surface area contributed by atoms with Crippen LogP contribution in [0.25, 0.3) is 0 Å². The second-order valence-electron chi connectivity index (χ2n) is 7.47. The maximum atomic E-state index is 13.0. The van der Waals surface area contributed by atoms with E-state index in [1.54, 1.807) is 25.1 Å². The molecule has 4 heteroatoms. The number of hydrogen-bond donors (Lipinski definition) is 1. The fourth-order valence-electron chi connectivity index (χ4n) is 3.31. The number of carbonyl (C=O) groups excluding carboxylic acids is 1. The van der Waals surface area contributed by atoms with E-state index in [0.717, 1.165) is 11.6 Å². The zero-order chi connectivity index (χ0) is 20.2. The number of carboxylic acids is 1. The maximum Gasteiger partial charge on any atom is 0.328 e. The largest absolute Gasteiger partial charge is 0.478 e. The van der Waals surface area contributed by atoms with Gasteiger partial charge in [-0.1, -0.05) is 37.8 Å². The minimum atomic E-state index is -0.992. The number of rotatable bonds is 3. The molecule has 0 radical (unpaired) electrons. The van der Waals surface area contributed by atoms with Crippen molar-refractivity contribution in [3.63, 3.8) is 0 Å². The van der Waals surface area contributed by atoms with Crippen molar-refractivity contribution < 1.29 is 19.1 Å². The highest BCUT2D eigenvalue weighted by Gasteiger charge is 2.38. The van der Waals surface area contributed by atoms with Crippen LogP contribution in [0.3, 0.4) is 0 Å². The van der Waals surface area contributed by atoms with Gasteiger partial charge in [-0.3, -0.25) is 4.79 Å². The molecule has 3 nitrogen and oxygen atoms in total. The van der Waals surface area contributed by atoms with E-state index in [0.29, 0.717) is 23.1 Å². The van der Waals surface area contributed by atoms with Gasteiger partial charge in [0.2, 0.25) is 0 Å². The number of aliphatic carboxylic acids is 1. The van der Waals surface area contributed by atoms with Gasteiger partial charge in [-0.2, -0.15) is 0 Å². The van der Waals surface area contributed by atoms with E-state index in [2.05, 4.69) is 11.8 Å². The van der Waals surface area contributed by atoms with Crippen molar-refractivity contribution in [1.29, 1.82) is 0 Å². The van der Waals surface area contributed by atoms with Crippen LogP contribution in [0, 0.1) is 29.0 Å². The van der Waals surface area contributed by atoms with Crippen LogP contribution < -0.4 is 0 Å². The average Bonchev–Trinajstić information content (AvgIpc) is 2.54. The van der Waals surface area contributed by atoms with E-state index in [1.165, 1.54) is 12.1 Å². The van der Waals surface area contributed by atoms with Crippen molar-refractivity contribution in [2.24, 2.45) is 11.3 Å². The molecule has 0 bridgehead atoms. The molecule has 1 aromatic rings. The van der Waals surface area contributed by atoms with Crippen molar-refractivity contribution in [3.05, 3.63) is 70.6 Å². The summed E-state index contributed by atoms with van der Waals surface area (Å²) < 4.78 is 13.0. The molecule has 0 fully saturated rings. The van der Waals surface area contributed by atoms with Crippen molar-refractivity contribution >= 4 is 11.8 Å². The predicted octanol–water partition coefficient (Wildman–Crippen LogP) is 4.70. The van der Waals surface area contributed by atoms with Crippen LogP contribution in [0.5, 0.6) is 0 Å². The standard InChI is InChI=1S/C23H23FO3/c1-15(13-22(26)27)5-12-20-16(2)19(21(25)14-23(20,3)4)11-8-17-6-9-18(24)10-7-17/h5-7,9-10,12-13,20H,14H2,1-4H3,(H,26,27)/b12-5+,15-13-. The van der Waals surface area contributed by atoms with Crippen LogP contribution in [0.4, 0.5) is 4.39 Å². The highest BCUT2D eigenvalue weighted by atomic mass is 19.1. The molecule has 27 heavy (non-hydrogen) atoms. The molecule has 140 valence electrons. The number of Topliss-reactive ketones (excluding diaryl/α,β-unsaturated/α-hetero) is 1. The first-order valence-electron chi connectivity index (χ1n) is 8.71. The summed E-state index contributed by atoms with van der Waals surface area (Å²) in [6, 6.07) is 5.82. The van der Waals surface area contributed by atoms with Crippen molar-refractivity contribution in [1.82, 2.24) is 0 Å². The summed E-state index contributed by atoms with van der Waals surface area (Å²) in [5.41, 5.74) is 2.32.